The number of anilines is 3. The van der Waals surface area contributed by atoms with Gasteiger partial charge in [0.2, 0.25) is 11.8 Å². The molecule has 7 nitrogen and oxygen atoms in total. The van der Waals surface area contributed by atoms with E-state index in [1.807, 2.05) is 0 Å². The normalized spacial score (nSPS) is 10.3. The zero-order chi connectivity index (χ0) is 14.9. The third-order valence-electron chi connectivity index (χ3n) is 2.75. The zero-order valence-electron chi connectivity index (χ0n) is 10.9. The summed E-state index contributed by atoms with van der Waals surface area (Å²) in [6, 6.07) is 5.65. The van der Waals surface area contributed by atoms with E-state index in [2.05, 4.69) is 9.97 Å². The lowest BCUT2D eigenvalue weighted by Gasteiger charge is -2.18. The predicted molar refractivity (Wildman–Crippen MR) is 72.3 cm³/mol. The first-order valence-corrected chi connectivity index (χ1v) is 5.68. The van der Waals surface area contributed by atoms with Gasteiger partial charge in [0.05, 0.1) is 4.92 Å². The van der Waals surface area contributed by atoms with Crippen molar-refractivity contribution in [3.8, 4) is 0 Å². The van der Waals surface area contributed by atoms with Crippen LogP contribution in [0.25, 0.3) is 0 Å². The smallest absolute Gasteiger partial charge is 0.333 e. The van der Waals surface area contributed by atoms with E-state index >= 15 is 0 Å². The molecule has 1 heterocycles. The van der Waals surface area contributed by atoms with Crippen molar-refractivity contribution in [1.29, 1.82) is 0 Å². The van der Waals surface area contributed by atoms with Gasteiger partial charge in [-0.05, 0) is 25.1 Å². The van der Waals surface area contributed by atoms with Gasteiger partial charge in [-0.2, -0.15) is 4.98 Å². The minimum Gasteiger partial charge on any atom is -0.368 e. The van der Waals surface area contributed by atoms with Crippen LogP contribution in [-0.4, -0.2) is 21.9 Å². The Morgan fingerprint density at radius 3 is 2.70 bits per heavy atom. The largest absolute Gasteiger partial charge is 0.368 e. The van der Waals surface area contributed by atoms with Gasteiger partial charge in [-0.25, -0.2) is 9.37 Å². The number of hydrogen-bond acceptors (Lipinski definition) is 6. The number of nitro groups is 1. The number of nitrogen functional groups attached to an aromatic ring is 1. The van der Waals surface area contributed by atoms with Gasteiger partial charge in [-0.3, -0.25) is 10.1 Å². The molecule has 8 heteroatoms. The summed E-state index contributed by atoms with van der Waals surface area (Å²) in [6.07, 6.45) is 0. The minimum atomic E-state index is -0.583. The lowest BCUT2D eigenvalue weighted by Crippen LogP contribution is -2.16. The number of aryl methyl sites for hydroxylation is 1. The molecule has 0 saturated heterocycles. The van der Waals surface area contributed by atoms with Crippen LogP contribution >= 0.6 is 0 Å². The maximum absolute atomic E-state index is 13.2. The van der Waals surface area contributed by atoms with E-state index in [9.17, 15) is 14.5 Å². The molecule has 2 rings (SSSR count). The van der Waals surface area contributed by atoms with Crippen molar-refractivity contribution in [2.45, 2.75) is 6.92 Å². The maximum atomic E-state index is 13.2. The van der Waals surface area contributed by atoms with Crippen molar-refractivity contribution in [3.63, 3.8) is 0 Å². The fourth-order valence-electron chi connectivity index (χ4n) is 1.83. The molecule has 1 aromatic carbocycles. The molecule has 0 aliphatic rings. The molecular formula is C12H12FN5O2. The van der Waals surface area contributed by atoms with Gasteiger partial charge < -0.3 is 10.6 Å². The highest BCUT2D eigenvalue weighted by atomic mass is 19.1. The topological polar surface area (TPSA) is 98.2 Å². The molecule has 0 radical (unpaired) electrons. The van der Waals surface area contributed by atoms with Crippen molar-refractivity contribution < 1.29 is 9.31 Å². The van der Waals surface area contributed by atoms with Crippen molar-refractivity contribution >= 4 is 23.1 Å². The second-order valence-corrected chi connectivity index (χ2v) is 4.14. The molecule has 0 saturated carbocycles. The number of nitrogens with zero attached hydrogens (tertiary/aromatic N) is 4. The molecule has 2 aromatic rings. The lowest BCUT2D eigenvalue weighted by atomic mass is 10.2. The molecule has 0 spiro atoms. The van der Waals surface area contributed by atoms with Gasteiger partial charge in [0.15, 0.2) is 0 Å². The number of nitrogens with two attached hydrogens (primary N) is 1. The SMILES string of the molecule is Cc1nc(N)nc(N(C)c2cccc(F)c2)c1[N+](=O)[O-]. The Bertz CT molecular complexity index is 677. The van der Waals surface area contributed by atoms with E-state index in [1.165, 1.54) is 30.0 Å². The summed E-state index contributed by atoms with van der Waals surface area (Å²) < 4.78 is 13.2. The molecule has 0 amide bonds. The number of rotatable bonds is 3. The average molecular weight is 277 g/mol. The van der Waals surface area contributed by atoms with E-state index in [-0.39, 0.29) is 23.1 Å². The van der Waals surface area contributed by atoms with E-state index in [1.54, 1.807) is 13.1 Å². The van der Waals surface area contributed by atoms with Crippen LogP contribution in [0.3, 0.4) is 0 Å². The Morgan fingerprint density at radius 1 is 1.40 bits per heavy atom. The minimum absolute atomic E-state index is 0.0191. The van der Waals surface area contributed by atoms with Crippen LogP contribution in [0.15, 0.2) is 24.3 Å². The molecule has 0 unspecified atom stereocenters. The average Bonchev–Trinajstić information content (AvgIpc) is 2.36. The van der Waals surface area contributed by atoms with Crippen molar-refractivity contribution in [1.82, 2.24) is 9.97 Å². The number of aromatic nitrogens is 2. The predicted octanol–water partition coefficient (Wildman–Crippen LogP) is 2.18. The number of halogens is 1. The summed E-state index contributed by atoms with van der Waals surface area (Å²) in [5.74, 6) is -0.507. The molecule has 1 aromatic heterocycles. The highest BCUT2D eigenvalue weighted by Gasteiger charge is 2.25. The van der Waals surface area contributed by atoms with Crippen LogP contribution in [0.1, 0.15) is 5.69 Å². The van der Waals surface area contributed by atoms with Gasteiger partial charge in [0.25, 0.3) is 0 Å². The molecule has 104 valence electrons. The second-order valence-electron chi connectivity index (χ2n) is 4.14. The van der Waals surface area contributed by atoms with E-state index in [0.29, 0.717) is 5.69 Å². The molecule has 0 aliphatic carbocycles. The Morgan fingerprint density at radius 2 is 2.10 bits per heavy atom. The summed E-state index contributed by atoms with van der Waals surface area (Å²) in [5.41, 5.74) is 5.85. The summed E-state index contributed by atoms with van der Waals surface area (Å²) >= 11 is 0. The highest BCUT2D eigenvalue weighted by Crippen LogP contribution is 2.32. The first-order valence-electron chi connectivity index (χ1n) is 5.68. The Hall–Kier alpha value is -2.77. The Labute approximate surface area is 114 Å². The molecule has 0 aliphatic heterocycles. The van der Waals surface area contributed by atoms with Gasteiger partial charge in [-0.1, -0.05) is 6.07 Å². The monoisotopic (exact) mass is 277 g/mol. The number of benzene rings is 1. The zero-order valence-corrected chi connectivity index (χ0v) is 10.9. The van der Waals surface area contributed by atoms with Crippen LogP contribution in [0.5, 0.6) is 0 Å². The fraction of sp³-hybridized carbons (Fsp3) is 0.167. The quantitative estimate of drug-likeness (QED) is 0.682. The molecular weight excluding hydrogens is 265 g/mol. The summed E-state index contributed by atoms with van der Waals surface area (Å²) in [4.78, 5) is 19.6. The van der Waals surface area contributed by atoms with Crippen LogP contribution in [0.4, 0.5) is 27.5 Å². The van der Waals surface area contributed by atoms with E-state index in [0.717, 1.165) is 0 Å². The first kappa shape index (κ1) is 13.7. The first-order chi connectivity index (χ1) is 9.40. The van der Waals surface area contributed by atoms with Crippen molar-refractivity contribution in [3.05, 3.63) is 45.9 Å². The van der Waals surface area contributed by atoms with E-state index in [4.69, 9.17) is 5.73 Å². The summed E-state index contributed by atoms with van der Waals surface area (Å²) in [6.45, 7) is 1.47. The molecule has 20 heavy (non-hydrogen) atoms. The van der Waals surface area contributed by atoms with Crippen molar-refractivity contribution in [2.24, 2.45) is 0 Å². The summed E-state index contributed by atoms with van der Waals surface area (Å²) in [5, 5.41) is 11.1. The fourth-order valence-corrected chi connectivity index (χ4v) is 1.83. The number of hydrogen-bond donors (Lipinski definition) is 1. The summed E-state index contributed by atoms with van der Waals surface area (Å²) in [7, 11) is 1.54. The third-order valence-corrected chi connectivity index (χ3v) is 2.75. The molecule has 0 atom stereocenters. The Balaban J connectivity index is 2.59. The van der Waals surface area contributed by atoms with E-state index < -0.39 is 10.7 Å². The van der Waals surface area contributed by atoms with Crippen molar-refractivity contribution in [2.75, 3.05) is 17.7 Å². The van der Waals surface area contributed by atoms with Crippen LogP contribution in [0.2, 0.25) is 0 Å². The van der Waals surface area contributed by atoms with Gasteiger partial charge in [0.1, 0.15) is 11.5 Å². The Kier molecular flexibility index (Phi) is 3.47. The standard InChI is InChI=1S/C12H12FN5O2/c1-7-10(18(19)20)11(16-12(14)15-7)17(2)9-5-3-4-8(13)6-9/h3-6H,1-2H3,(H2,14,15,16). The van der Waals surface area contributed by atoms with Gasteiger partial charge >= 0.3 is 5.69 Å². The lowest BCUT2D eigenvalue weighted by molar-refractivity contribution is -0.385. The maximum Gasteiger partial charge on any atom is 0.333 e. The molecule has 0 fully saturated rings. The van der Waals surface area contributed by atoms with Crippen LogP contribution in [0, 0.1) is 22.9 Å². The second kappa shape index (κ2) is 5.08. The molecule has 0 bridgehead atoms. The van der Waals surface area contributed by atoms with Gasteiger partial charge in [0, 0.05) is 12.7 Å². The van der Waals surface area contributed by atoms with Gasteiger partial charge in [-0.15, -0.1) is 0 Å². The van der Waals surface area contributed by atoms with Crippen LogP contribution < -0.4 is 10.6 Å². The van der Waals surface area contributed by atoms with Crippen LogP contribution in [-0.2, 0) is 0 Å². The third kappa shape index (κ3) is 2.48. The molecule has 2 N–H and O–H groups in total. The highest BCUT2D eigenvalue weighted by molar-refractivity contribution is 5.69.